The highest BCUT2D eigenvalue weighted by Crippen LogP contribution is 2.24. The number of benzene rings is 3. The van der Waals surface area contributed by atoms with E-state index in [4.69, 9.17) is 9.15 Å². The van der Waals surface area contributed by atoms with Gasteiger partial charge in [0.05, 0.1) is 0 Å². The maximum Gasteiger partial charge on any atom is 0.291 e. The van der Waals surface area contributed by atoms with Gasteiger partial charge in [0.15, 0.2) is 5.76 Å². The standard InChI is InChI=1S/C23H19NO3/c1-16-6-5-9-18-14-21(27-22(16)18)23(25)24-19-10-12-20(13-11-19)26-15-17-7-3-2-4-8-17/h2-14H,15H2,1H3,(H,24,25). The predicted octanol–water partition coefficient (Wildman–Crippen LogP) is 5.57. The van der Waals surface area contributed by atoms with E-state index in [1.165, 1.54) is 0 Å². The highest BCUT2D eigenvalue weighted by molar-refractivity contribution is 6.04. The van der Waals surface area contributed by atoms with Crippen LogP contribution in [0.25, 0.3) is 11.0 Å². The van der Waals surface area contributed by atoms with Gasteiger partial charge in [0.25, 0.3) is 5.91 Å². The van der Waals surface area contributed by atoms with E-state index in [-0.39, 0.29) is 5.91 Å². The minimum Gasteiger partial charge on any atom is -0.489 e. The normalized spacial score (nSPS) is 10.7. The van der Waals surface area contributed by atoms with Gasteiger partial charge in [-0.25, -0.2) is 0 Å². The number of anilines is 1. The number of fused-ring (bicyclic) bond motifs is 1. The van der Waals surface area contributed by atoms with E-state index in [1.807, 2.05) is 79.7 Å². The first-order chi connectivity index (χ1) is 13.2. The van der Waals surface area contributed by atoms with E-state index in [2.05, 4.69) is 5.32 Å². The van der Waals surface area contributed by atoms with Crippen LogP contribution < -0.4 is 10.1 Å². The number of carbonyl (C=O) groups is 1. The van der Waals surface area contributed by atoms with Crippen LogP contribution in [0.3, 0.4) is 0 Å². The molecule has 1 aromatic heterocycles. The molecule has 3 aromatic carbocycles. The SMILES string of the molecule is Cc1cccc2cc(C(=O)Nc3ccc(OCc4ccccc4)cc3)oc12. The number of para-hydroxylation sites is 1. The molecular weight excluding hydrogens is 338 g/mol. The number of carbonyl (C=O) groups excluding carboxylic acids is 1. The van der Waals surface area contributed by atoms with Crippen molar-refractivity contribution >= 4 is 22.6 Å². The smallest absolute Gasteiger partial charge is 0.291 e. The highest BCUT2D eigenvalue weighted by Gasteiger charge is 2.13. The zero-order valence-electron chi connectivity index (χ0n) is 14.9. The summed E-state index contributed by atoms with van der Waals surface area (Å²) in [6, 6.07) is 24.9. The van der Waals surface area contributed by atoms with Crippen molar-refractivity contribution < 1.29 is 13.9 Å². The summed E-state index contributed by atoms with van der Waals surface area (Å²) in [5, 5.41) is 3.77. The van der Waals surface area contributed by atoms with Crippen LogP contribution in [0.15, 0.2) is 83.3 Å². The largest absolute Gasteiger partial charge is 0.489 e. The summed E-state index contributed by atoms with van der Waals surface area (Å²) < 4.78 is 11.5. The zero-order chi connectivity index (χ0) is 18.6. The van der Waals surface area contributed by atoms with Crippen molar-refractivity contribution in [3.63, 3.8) is 0 Å². The highest BCUT2D eigenvalue weighted by atomic mass is 16.5. The maximum absolute atomic E-state index is 12.5. The van der Waals surface area contributed by atoms with Gasteiger partial charge in [-0.15, -0.1) is 0 Å². The Bertz CT molecular complexity index is 1070. The number of furan rings is 1. The Labute approximate surface area is 157 Å². The van der Waals surface area contributed by atoms with Crippen molar-refractivity contribution in [2.45, 2.75) is 13.5 Å². The van der Waals surface area contributed by atoms with Gasteiger partial charge in [-0.2, -0.15) is 0 Å². The molecule has 0 aliphatic rings. The lowest BCUT2D eigenvalue weighted by Crippen LogP contribution is -2.10. The summed E-state index contributed by atoms with van der Waals surface area (Å²) in [5.74, 6) is 0.767. The minimum absolute atomic E-state index is 0.274. The molecule has 4 nitrogen and oxygen atoms in total. The molecule has 0 saturated carbocycles. The van der Waals surface area contributed by atoms with Crippen LogP contribution in [0.2, 0.25) is 0 Å². The molecule has 1 heterocycles. The van der Waals surface area contributed by atoms with Crippen LogP contribution in [0, 0.1) is 6.92 Å². The summed E-state index contributed by atoms with van der Waals surface area (Å²) >= 11 is 0. The quantitative estimate of drug-likeness (QED) is 0.508. The minimum atomic E-state index is -0.274. The summed E-state index contributed by atoms with van der Waals surface area (Å²) in [6.07, 6.45) is 0. The van der Waals surface area contributed by atoms with E-state index in [0.717, 1.165) is 27.8 Å². The molecule has 4 rings (SSSR count). The van der Waals surface area contributed by atoms with E-state index in [0.29, 0.717) is 18.1 Å². The van der Waals surface area contributed by atoms with Crippen molar-refractivity contribution in [1.29, 1.82) is 0 Å². The number of aryl methyl sites for hydroxylation is 1. The Balaban J connectivity index is 1.41. The third kappa shape index (κ3) is 3.85. The number of rotatable bonds is 5. The van der Waals surface area contributed by atoms with Gasteiger partial charge in [-0.05, 0) is 48.4 Å². The third-order valence-corrected chi connectivity index (χ3v) is 4.33. The Morgan fingerprint density at radius 3 is 2.48 bits per heavy atom. The fraction of sp³-hybridized carbons (Fsp3) is 0.0870. The molecule has 4 aromatic rings. The molecule has 0 fully saturated rings. The van der Waals surface area contributed by atoms with Crippen LogP contribution in [-0.4, -0.2) is 5.91 Å². The second-order valence-electron chi connectivity index (χ2n) is 6.36. The molecule has 0 aliphatic heterocycles. The number of hydrogen-bond donors (Lipinski definition) is 1. The van der Waals surface area contributed by atoms with Gasteiger partial charge in [0, 0.05) is 11.1 Å². The van der Waals surface area contributed by atoms with Crippen LogP contribution in [-0.2, 0) is 6.61 Å². The molecule has 4 heteroatoms. The Morgan fingerprint density at radius 2 is 1.74 bits per heavy atom. The van der Waals surface area contributed by atoms with E-state index in [1.54, 1.807) is 6.07 Å². The van der Waals surface area contributed by atoms with Crippen LogP contribution >= 0.6 is 0 Å². The summed E-state index contributed by atoms with van der Waals surface area (Å²) in [7, 11) is 0. The zero-order valence-corrected chi connectivity index (χ0v) is 14.9. The number of hydrogen-bond acceptors (Lipinski definition) is 3. The number of nitrogens with one attached hydrogen (secondary N) is 1. The molecule has 0 spiro atoms. The fourth-order valence-electron chi connectivity index (χ4n) is 2.89. The van der Waals surface area contributed by atoms with Crippen LogP contribution in [0.4, 0.5) is 5.69 Å². The van der Waals surface area contributed by atoms with Gasteiger partial charge in [-0.3, -0.25) is 4.79 Å². The number of amides is 1. The van der Waals surface area contributed by atoms with E-state index >= 15 is 0 Å². The molecule has 1 amide bonds. The maximum atomic E-state index is 12.5. The summed E-state index contributed by atoms with van der Waals surface area (Å²) in [6.45, 7) is 2.46. The summed E-state index contributed by atoms with van der Waals surface area (Å²) in [4.78, 5) is 12.5. The lowest BCUT2D eigenvalue weighted by atomic mass is 10.2. The first-order valence-electron chi connectivity index (χ1n) is 8.76. The van der Waals surface area contributed by atoms with Gasteiger partial charge in [-0.1, -0.05) is 48.5 Å². The average Bonchev–Trinajstić information content (AvgIpc) is 3.14. The Hall–Kier alpha value is -3.53. The fourth-order valence-corrected chi connectivity index (χ4v) is 2.89. The lowest BCUT2D eigenvalue weighted by Gasteiger charge is -2.08. The van der Waals surface area contributed by atoms with E-state index in [9.17, 15) is 4.79 Å². The molecule has 134 valence electrons. The molecule has 1 N–H and O–H groups in total. The van der Waals surface area contributed by atoms with Crippen LogP contribution in [0.1, 0.15) is 21.7 Å². The molecule has 0 saturated heterocycles. The molecule has 0 unspecified atom stereocenters. The topological polar surface area (TPSA) is 51.5 Å². The third-order valence-electron chi connectivity index (χ3n) is 4.33. The first kappa shape index (κ1) is 16.9. The van der Waals surface area contributed by atoms with Gasteiger partial charge >= 0.3 is 0 Å². The molecule has 0 bridgehead atoms. The van der Waals surface area contributed by atoms with Crippen molar-refractivity contribution in [1.82, 2.24) is 0 Å². The number of ether oxygens (including phenoxy) is 1. The second-order valence-corrected chi connectivity index (χ2v) is 6.36. The Morgan fingerprint density at radius 1 is 0.963 bits per heavy atom. The Kier molecular flexibility index (Phi) is 4.62. The average molecular weight is 357 g/mol. The van der Waals surface area contributed by atoms with Crippen LogP contribution in [0.5, 0.6) is 5.75 Å². The van der Waals surface area contributed by atoms with Gasteiger partial charge < -0.3 is 14.5 Å². The second kappa shape index (κ2) is 7.38. The van der Waals surface area contributed by atoms with E-state index < -0.39 is 0 Å². The molecule has 0 radical (unpaired) electrons. The van der Waals surface area contributed by atoms with Crippen molar-refractivity contribution in [2.24, 2.45) is 0 Å². The molecular formula is C23H19NO3. The van der Waals surface area contributed by atoms with Gasteiger partial charge in [0.2, 0.25) is 0 Å². The molecule has 0 aliphatic carbocycles. The van der Waals surface area contributed by atoms with Gasteiger partial charge in [0.1, 0.15) is 17.9 Å². The predicted molar refractivity (Wildman–Crippen MR) is 106 cm³/mol. The molecule has 0 atom stereocenters. The summed E-state index contributed by atoms with van der Waals surface area (Å²) in [5.41, 5.74) is 3.54. The monoisotopic (exact) mass is 357 g/mol. The van der Waals surface area contributed by atoms with Crippen molar-refractivity contribution in [3.8, 4) is 5.75 Å². The molecule has 27 heavy (non-hydrogen) atoms. The lowest BCUT2D eigenvalue weighted by molar-refractivity contribution is 0.0998. The van der Waals surface area contributed by atoms with Crippen molar-refractivity contribution in [3.05, 3.63) is 95.7 Å². The van der Waals surface area contributed by atoms with Crippen molar-refractivity contribution in [2.75, 3.05) is 5.32 Å². The first-order valence-corrected chi connectivity index (χ1v) is 8.76.